The molecule has 1 N–H and O–H groups in total. The number of oxime groups is 1. The lowest BCUT2D eigenvalue weighted by Gasteiger charge is -2.27. The van der Waals surface area contributed by atoms with Gasteiger partial charge in [-0.05, 0) is 38.5 Å². The van der Waals surface area contributed by atoms with E-state index in [1.54, 1.807) is 0 Å². The van der Waals surface area contributed by atoms with Crippen LogP contribution >= 0.6 is 11.6 Å². The summed E-state index contributed by atoms with van der Waals surface area (Å²) in [4.78, 5) is 7.69. The van der Waals surface area contributed by atoms with Crippen molar-refractivity contribution in [2.24, 2.45) is 5.16 Å². The van der Waals surface area contributed by atoms with Gasteiger partial charge in [0.25, 0.3) is 0 Å². The molecule has 2 atom stereocenters. The van der Waals surface area contributed by atoms with Crippen LogP contribution in [0.4, 0.5) is 0 Å². The van der Waals surface area contributed by atoms with E-state index >= 15 is 0 Å². The summed E-state index contributed by atoms with van der Waals surface area (Å²) >= 11 is 5.93. The smallest absolute Gasteiger partial charge is 0.145 e. The number of ether oxygens (including phenoxy) is 1. The highest BCUT2D eigenvalue weighted by atomic mass is 35.5. The van der Waals surface area contributed by atoms with Crippen molar-refractivity contribution in [3.63, 3.8) is 0 Å². The third kappa shape index (κ3) is 7.08. The molecule has 0 saturated carbocycles. The number of aliphatic hydroxyl groups excluding tert-OH is 1. The molecule has 1 aliphatic rings. The number of benzene rings is 1. The van der Waals surface area contributed by atoms with E-state index in [-0.39, 0.29) is 11.7 Å². The van der Waals surface area contributed by atoms with Crippen molar-refractivity contribution in [1.29, 1.82) is 0 Å². The molecule has 1 heterocycles. The summed E-state index contributed by atoms with van der Waals surface area (Å²) in [6.07, 6.45) is 1.94. The van der Waals surface area contributed by atoms with E-state index in [2.05, 4.69) is 16.6 Å². The maximum absolute atomic E-state index is 10.3. The van der Waals surface area contributed by atoms with Crippen molar-refractivity contribution < 1.29 is 14.7 Å². The third-order valence-electron chi connectivity index (χ3n) is 3.94. The normalized spacial score (nSPS) is 18.5. The number of nitrogens with zero attached hydrogens (tertiary/aromatic N) is 2. The van der Waals surface area contributed by atoms with Gasteiger partial charge in [0.1, 0.15) is 6.10 Å². The van der Waals surface area contributed by atoms with Gasteiger partial charge in [0, 0.05) is 31.1 Å². The number of hydrogen-bond donors (Lipinski definition) is 1. The van der Waals surface area contributed by atoms with Gasteiger partial charge in [-0.3, -0.25) is 4.90 Å². The van der Waals surface area contributed by atoms with E-state index in [4.69, 9.17) is 21.2 Å². The second-order valence-corrected chi connectivity index (χ2v) is 8.00. The fraction of sp³-hybridized carbons (Fsp3) is 0.550. The van der Waals surface area contributed by atoms with Crippen molar-refractivity contribution >= 4 is 17.3 Å². The number of rotatable bonds is 9. The van der Waals surface area contributed by atoms with Gasteiger partial charge in [-0.25, -0.2) is 0 Å². The van der Waals surface area contributed by atoms with Crippen molar-refractivity contribution in [3.8, 4) is 0 Å². The summed E-state index contributed by atoms with van der Waals surface area (Å²) in [6.45, 7) is 11.9. The minimum Gasteiger partial charge on any atom is -0.390 e. The number of halogens is 1. The Labute approximate surface area is 161 Å². The first kappa shape index (κ1) is 20.9. The predicted octanol–water partition coefficient (Wildman–Crippen LogP) is 3.50. The van der Waals surface area contributed by atoms with Crippen LogP contribution in [-0.2, 0) is 9.57 Å². The summed E-state index contributed by atoms with van der Waals surface area (Å²) in [5.41, 5.74) is 1.67. The SMILES string of the molecule is C=CCN(C[C@H](O)COC(C)(C)C)C[C@H]1CC(c2ccc(Cl)cc2)=NO1. The summed E-state index contributed by atoms with van der Waals surface area (Å²) in [6, 6.07) is 7.59. The van der Waals surface area contributed by atoms with E-state index in [0.717, 1.165) is 17.7 Å². The zero-order chi connectivity index (χ0) is 19.2. The van der Waals surface area contributed by atoms with Crippen LogP contribution in [0.2, 0.25) is 5.02 Å². The van der Waals surface area contributed by atoms with Gasteiger partial charge < -0.3 is 14.7 Å². The van der Waals surface area contributed by atoms with Crippen molar-refractivity contribution in [1.82, 2.24) is 4.90 Å². The van der Waals surface area contributed by atoms with Gasteiger partial charge in [0.2, 0.25) is 0 Å². The van der Waals surface area contributed by atoms with Crippen molar-refractivity contribution in [3.05, 3.63) is 47.5 Å². The van der Waals surface area contributed by atoms with Crippen LogP contribution in [0, 0.1) is 0 Å². The molecule has 144 valence electrons. The van der Waals surface area contributed by atoms with Crippen molar-refractivity contribution in [2.45, 2.75) is 45.0 Å². The van der Waals surface area contributed by atoms with Gasteiger partial charge in [-0.2, -0.15) is 0 Å². The first-order valence-electron chi connectivity index (χ1n) is 8.90. The molecular formula is C20H29ClN2O3. The summed E-state index contributed by atoms with van der Waals surface area (Å²) in [5, 5.41) is 15.2. The van der Waals surface area contributed by atoms with E-state index in [1.807, 2.05) is 51.1 Å². The molecule has 2 rings (SSSR count). The lowest BCUT2D eigenvalue weighted by Crippen LogP contribution is -2.40. The molecule has 0 radical (unpaired) electrons. The highest BCUT2D eigenvalue weighted by Crippen LogP contribution is 2.19. The Morgan fingerprint density at radius 1 is 1.42 bits per heavy atom. The summed E-state index contributed by atoms with van der Waals surface area (Å²) in [7, 11) is 0. The average molecular weight is 381 g/mol. The molecule has 0 amide bonds. The molecule has 0 aliphatic carbocycles. The zero-order valence-corrected chi connectivity index (χ0v) is 16.6. The number of aliphatic hydroxyl groups is 1. The molecule has 0 saturated heterocycles. The van der Waals surface area contributed by atoms with Gasteiger partial charge in [-0.1, -0.05) is 35.0 Å². The summed E-state index contributed by atoms with van der Waals surface area (Å²) < 4.78 is 5.66. The predicted molar refractivity (Wildman–Crippen MR) is 106 cm³/mol. The molecule has 0 spiro atoms. The molecule has 0 unspecified atom stereocenters. The summed E-state index contributed by atoms with van der Waals surface area (Å²) in [5.74, 6) is 0. The van der Waals surface area contributed by atoms with Crippen LogP contribution in [0.3, 0.4) is 0 Å². The Bertz CT molecular complexity index is 610. The Kier molecular flexibility index (Phi) is 7.65. The maximum Gasteiger partial charge on any atom is 0.145 e. The highest BCUT2D eigenvalue weighted by Gasteiger charge is 2.25. The van der Waals surface area contributed by atoms with E-state index in [1.165, 1.54) is 0 Å². The topological polar surface area (TPSA) is 54.3 Å². The maximum atomic E-state index is 10.3. The lowest BCUT2D eigenvalue weighted by molar-refractivity contribution is -0.0583. The molecule has 1 aromatic rings. The van der Waals surface area contributed by atoms with Crippen molar-refractivity contribution in [2.75, 3.05) is 26.2 Å². The number of hydrogen-bond acceptors (Lipinski definition) is 5. The van der Waals surface area contributed by atoms with Gasteiger partial charge >= 0.3 is 0 Å². The quantitative estimate of drug-likeness (QED) is 0.666. The largest absolute Gasteiger partial charge is 0.390 e. The lowest BCUT2D eigenvalue weighted by atomic mass is 10.0. The molecule has 1 aliphatic heterocycles. The second-order valence-electron chi connectivity index (χ2n) is 7.56. The monoisotopic (exact) mass is 380 g/mol. The molecule has 0 bridgehead atoms. The standard InChI is InChI=1S/C20H29ClN2O3/c1-5-10-23(12-17(24)14-25-20(2,3)4)13-18-11-19(22-26-18)15-6-8-16(21)9-7-15/h5-9,17-18,24H,1,10-14H2,2-4H3/t17-,18+/m0/s1. The van der Waals surface area contributed by atoms with Gasteiger partial charge in [0.15, 0.2) is 0 Å². The van der Waals surface area contributed by atoms with Crippen LogP contribution < -0.4 is 0 Å². The third-order valence-corrected chi connectivity index (χ3v) is 4.19. The fourth-order valence-corrected chi connectivity index (χ4v) is 2.86. The molecule has 1 aromatic carbocycles. The van der Waals surface area contributed by atoms with Crippen LogP contribution in [-0.4, -0.2) is 59.8 Å². The van der Waals surface area contributed by atoms with Crippen LogP contribution in [0.25, 0.3) is 0 Å². The molecule has 5 nitrogen and oxygen atoms in total. The zero-order valence-electron chi connectivity index (χ0n) is 15.8. The van der Waals surface area contributed by atoms with E-state index < -0.39 is 6.10 Å². The van der Waals surface area contributed by atoms with Crippen LogP contribution in [0.1, 0.15) is 32.8 Å². The van der Waals surface area contributed by atoms with Gasteiger partial charge in [0.05, 0.1) is 24.0 Å². The Hall–Kier alpha value is -1.40. The minimum atomic E-state index is -0.563. The Balaban J connectivity index is 1.84. The fourth-order valence-electron chi connectivity index (χ4n) is 2.73. The van der Waals surface area contributed by atoms with Gasteiger partial charge in [-0.15, -0.1) is 6.58 Å². The van der Waals surface area contributed by atoms with Crippen LogP contribution in [0.5, 0.6) is 0 Å². The Morgan fingerprint density at radius 3 is 2.73 bits per heavy atom. The van der Waals surface area contributed by atoms with Crippen LogP contribution in [0.15, 0.2) is 42.1 Å². The van der Waals surface area contributed by atoms with E-state index in [9.17, 15) is 5.11 Å². The first-order valence-corrected chi connectivity index (χ1v) is 9.28. The molecule has 26 heavy (non-hydrogen) atoms. The first-order chi connectivity index (χ1) is 12.3. The average Bonchev–Trinajstić information content (AvgIpc) is 3.02. The molecule has 6 heteroatoms. The molecule has 0 aromatic heterocycles. The minimum absolute atomic E-state index is 0.0450. The molecule has 0 fully saturated rings. The Morgan fingerprint density at radius 2 is 2.12 bits per heavy atom. The molecular weight excluding hydrogens is 352 g/mol. The van der Waals surface area contributed by atoms with E-state index in [0.29, 0.717) is 31.3 Å². The second kappa shape index (κ2) is 9.51. The highest BCUT2D eigenvalue weighted by molar-refractivity contribution is 6.30.